The van der Waals surface area contributed by atoms with Crippen LogP contribution in [0.2, 0.25) is 0 Å². The fraction of sp³-hybridized carbons (Fsp3) is 0.667. The molecule has 0 heterocycles. The first-order chi connectivity index (χ1) is 11.7. The topological polar surface area (TPSA) is 213 Å². The van der Waals surface area contributed by atoms with Crippen molar-refractivity contribution in [1.82, 2.24) is 10.1 Å². The van der Waals surface area contributed by atoms with Gasteiger partial charge in [0.05, 0.1) is 0 Å². The number of hydrogen-bond acceptors (Lipinski definition) is 9. The fourth-order valence-electron chi connectivity index (χ4n) is 1.12. The maximum absolute atomic E-state index is 10.3. The van der Waals surface area contributed by atoms with E-state index in [0.717, 1.165) is 17.4 Å². The van der Waals surface area contributed by atoms with Crippen LogP contribution >= 0.6 is 0 Å². The van der Waals surface area contributed by atoms with Crippen molar-refractivity contribution in [2.75, 3.05) is 0 Å². The van der Waals surface area contributed by atoms with E-state index in [-0.39, 0.29) is 10.1 Å². The molecule has 0 aromatic rings. The summed E-state index contributed by atoms with van der Waals surface area (Å²) < 4.78 is 8.19. The number of aliphatic carboxylic acids is 4. The second-order valence-corrected chi connectivity index (χ2v) is 4.82. The molecule has 0 spiro atoms. The van der Waals surface area contributed by atoms with Crippen LogP contribution in [0.1, 0.15) is 27.7 Å². The van der Waals surface area contributed by atoms with Gasteiger partial charge in [-0.25, -0.2) is 0 Å². The van der Waals surface area contributed by atoms with Gasteiger partial charge in [-0.05, 0) is 27.7 Å². The van der Waals surface area contributed by atoms with E-state index >= 15 is 0 Å². The molecule has 0 rings (SSSR count). The zero-order valence-corrected chi connectivity index (χ0v) is 15.8. The van der Waals surface area contributed by atoms with E-state index in [1.54, 1.807) is 0 Å². The molecule has 0 aliphatic heterocycles. The zero-order valence-electron chi connectivity index (χ0n) is 14.4. The molecule has 0 aliphatic rings. The summed E-state index contributed by atoms with van der Waals surface area (Å²) in [7, 11) is 0. The van der Waals surface area contributed by atoms with E-state index in [9.17, 15) is 19.2 Å². The van der Waals surface area contributed by atoms with Gasteiger partial charge >= 0.3 is 44.9 Å². The third-order valence-electron chi connectivity index (χ3n) is 3.02. The summed E-state index contributed by atoms with van der Waals surface area (Å²) in [6.45, 7) is 4.78. The molecule has 14 heteroatoms. The average molecular weight is 421 g/mol. The minimum absolute atomic E-state index is 0.282. The molecule has 0 aromatic carbocycles. The summed E-state index contributed by atoms with van der Waals surface area (Å²) in [4.78, 5) is 41.1. The first-order valence-corrected chi connectivity index (χ1v) is 7.36. The number of rotatable bonds is 8. The predicted molar refractivity (Wildman–Crippen MR) is 76.3 cm³/mol. The number of carboxylic acids is 4. The summed E-state index contributed by atoms with van der Waals surface area (Å²) in [5, 5.41) is 52.1. The first kappa shape index (κ1) is 28.9. The van der Waals surface area contributed by atoms with Crippen molar-refractivity contribution in [2.24, 2.45) is 0 Å². The molecule has 0 aromatic heterocycles. The van der Waals surface area contributed by atoms with Crippen LogP contribution in [0, 0.1) is 0 Å². The summed E-state index contributed by atoms with van der Waals surface area (Å²) >= 11 is 1.06. The molecule has 26 heavy (non-hydrogen) atoms. The van der Waals surface area contributed by atoms with Gasteiger partial charge in [0, 0.05) is 0 Å². The van der Waals surface area contributed by atoms with Crippen molar-refractivity contribution in [3.63, 3.8) is 0 Å². The Bertz CT molecular complexity index is 408. The molecule has 0 amide bonds. The summed E-state index contributed by atoms with van der Waals surface area (Å²) in [5.41, 5.74) is 0. The van der Waals surface area contributed by atoms with E-state index in [1.165, 1.54) is 27.7 Å². The third-order valence-corrected chi connectivity index (χ3v) is 3.02. The number of nitrogens with zero attached hydrogens (tertiary/aromatic N) is 2. The van der Waals surface area contributed by atoms with Crippen molar-refractivity contribution in [1.29, 1.82) is 0 Å². The second-order valence-electron chi connectivity index (χ2n) is 4.82. The quantitative estimate of drug-likeness (QED) is 0.263. The first-order valence-electron chi connectivity index (χ1n) is 6.79. The van der Waals surface area contributed by atoms with Crippen molar-refractivity contribution in [3.8, 4) is 0 Å². The maximum atomic E-state index is 10.3. The molecule has 0 unspecified atom stereocenters. The van der Waals surface area contributed by atoms with Crippen LogP contribution in [-0.2, 0) is 40.2 Å². The van der Waals surface area contributed by atoms with Gasteiger partial charge in [-0.15, -0.1) is 0 Å². The van der Waals surface area contributed by atoms with Gasteiger partial charge < -0.3 is 30.8 Å². The fourth-order valence-corrected chi connectivity index (χ4v) is 1.12. The molecule has 0 bridgehead atoms. The Morgan fingerprint density at radius 3 is 0.769 bits per heavy atom. The van der Waals surface area contributed by atoms with E-state index in [4.69, 9.17) is 34.5 Å². The van der Waals surface area contributed by atoms with E-state index in [0.29, 0.717) is 0 Å². The van der Waals surface area contributed by atoms with Gasteiger partial charge in [-0.1, -0.05) is 0 Å². The summed E-state index contributed by atoms with van der Waals surface area (Å²) in [6, 6.07) is -4.90. The van der Waals surface area contributed by atoms with Gasteiger partial charge in [-0.3, -0.25) is 19.2 Å². The van der Waals surface area contributed by atoms with Crippen molar-refractivity contribution in [3.05, 3.63) is 0 Å². The Morgan fingerprint density at radius 2 is 0.692 bits per heavy atom. The third kappa shape index (κ3) is 10.9. The Labute approximate surface area is 157 Å². The molecule has 0 radical (unpaired) electrons. The Kier molecular flexibility index (Phi) is 15.9. The normalized spacial score (nSPS) is 14.6. The number of hydroxylamine groups is 4. The molecule has 4 atom stereocenters. The van der Waals surface area contributed by atoms with E-state index < -0.39 is 48.0 Å². The number of carbonyl (C=O) groups is 4. The van der Waals surface area contributed by atoms with E-state index in [1.807, 2.05) is 0 Å². The van der Waals surface area contributed by atoms with Crippen molar-refractivity contribution < 1.29 is 71.1 Å². The SMILES string of the molecule is C[C@@H](C(=O)O)N(O)[C@@H](C)C(=O)O.C[C@@H](C(=O)O)N(O)[C@@H](C)C(=O)O.[O]=[V]. The standard InChI is InChI=1S/2C6H11NO5.O.V/c2*1-3(5(8)9)7(12)4(2)6(10)11;;/h2*3-4,12H,1-2H3,(H,8,9)(H,10,11);;/t2*3-,4-;;/m00../s1. The van der Waals surface area contributed by atoms with Gasteiger partial charge in [0.25, 0.3) is 0 Å². The molecule has 6 N–H and O–H groups in total. The Balaban J connectivity index is -0.000000371. The van der Waals surface area contributed by atoms with Crippen LogP contribution in [0.5, 0.6) is 0 Å². The zero-order chi connectivity index (χ0) is 21.8. The molecule has 0 fully saturated rings. The minimum atomic E-state index is -1.27. The van der Waals surface area contributed by atoms with Gasteiger partial charge in [0.1, 0.15) is 24.2 Å². The van der Waals surface area contributed by atoms with Gasteiger partial charge in [-0.2, -0.15) is 10.1 Å². The monoisotopic (exact) mass is 421 g/mol. The van der Waals surface area contributed by atoms with Crippen LogP contribution in [0.15, 0.2) is 0 Å². The van der Waals surface area contributed by atoms with Crippen molar-refractivity contribution >= 4 is 23.9 Å². The van der Waals surface area contributed by atoms with Crippen LogP contribution in [0.25, 0.3) is 0 Å². The van der Waals surface area contributed by atoms with Crippen LogP contribution in [0.4, 0.5) is 0 Å². The average Bonchev–Trinajstić information content (AvgIpc) is 2.59. The molecule has 0 saturated carbocycles. The van der Waals surface area contributed by atoms with Crippen LogP contribution in [0.3, 0.4) is 0 Å². The summed E-state index contributed by atoms with van der Waals surface area (Å²) in [6.07, 6.45) is 0. The molecule has 0 aliphatic carbocycles. The van der Waals surface area contributed by atoms with E-state index in [2.05, 4.69) is 0 Å². The molecule has 151 valence electrons. The van der Waals surface area contributed by atoms with Crippen LogP contribution < -0.4 is 0 Å². The summed E-state index contributed by atoms with van der Waals surface area (Å²) in [5.74, 6) is -5.09. The van der Waals surface area contributed by atoms with Gasteiger partial charge in [0.15, 0.2) is 0 Å². The molecule has 13 nitrogen and oxygen atoms in total. The molecular formula is C12H22N2O11V. The van der Waals surface area contributed by atoms with Gasteiger partial charge in [0.2, 0.25) is 0 Å². The Morgan fingerprint density at radius 1 is 0.577 bits per heavy atom. The number of hydrogen-bond donors (Lipinski definition) is 6. The molecular weight excluding hydrogens is 399 g/mol. The van der Waals surface area contributed by atoms with Crippen LogP contribution in [-0.4, -0.2) is 89.0 Å². The number of carboxylic acid groups (broad SMARTS) is 4. The Hall–Kier alpha value is -1.90. The predicted octanol–water partition coefficient (Wildman–Crippen LogP) is -0.874. The van der Waals surface area contributed by atoms with Crippen molar-refractivity contribution in [2.45, 2.75) is 51.9 Å². The molecule has 0 saturated heterocycles. The second kappa shape index (κ2) is 14.3.